The van der Waals surface area contributed by atoms with Crippen molar-refractivity contribution in [1.29, 1.82) is 0 Å². The number of fused-ring (bicyclic) bond motifs is 6. The van der Waals surface area contributed by atoms with Gasteiger partial charge >= 0.3 is 13.5 Å². The van der Waals surface area contributed by atoms with Gasteiger partial charge in [-0.25, -0.2) is 28.9 Å². The number of aliphatic hydroxyl groups excluding tert-OH is 1. The van der Waals surface area contributed by atoms with Crippen molar-refractivity contribution in [3.8, 4) is 0 Å². The number of anilines is 2. The van der Waals surface area contributed by atoms with Crippen molar-refractivity contribution < 1.29 is 80.0 Å². The number of alkyl halides is 1. The number of aryl methyl sites for hydroxylation is 1. The molecule has 12 rings (SSSR count). The highest BCUT2D eigenvalue weighted by molar-refractivity contribution is 8.44. The number of rotatable bonds is 20. The van der Waals surface area contributed by atoms with Gasteiger partial charge in [0, 0.05) is 32.0 Å². The first-order valence-corrected chi connectivity index (χ1v) is 36.1. The molecule has 8 N–H and O–H groups in total. The van der Waals surface area contributed by atoms with Crippen LogP contribution in [0.4, 0.5) is 15.9 Å². The number of aliphatic hydroxyl groups is 1. The highest BCUT2D eigenvalue weighted by Crippen LogP contribution is 2.59. The fourth-order valence-electron chi connectivity index (χ4n) is 11.8. The first kappa shape index (κ1) is 68.7. The van der Waals surface area contributed by atoms with Crippen molar-refractivity contribution in [3.63, 3.8) is 0 Å². The van der Waals surface area contributed by atoms with E-state index in [9.17, 15) is 48.1 Å². The molecule has 11 atom stereocenters. The van der Waals surface area contributed by atoms with Gasteiger partial charge in [0.1, 0.15) is 67.4 Å². The van der Waals surface area contributed by atoms with E-state index < -0.39 is 137 Å². The maximum absolute atomic E-state index is 16.7. The minimum atomic E-state index is -4.55. The van der Waals surface area contributed by atoms with E-state index in [1.807, 2.05) is 60.7 Å². The number of nitrogens with zero attached hydrogens (tertiary/aromatic N) is 8. The van der Waals surface area contributed by atoms with E-state index in [0.29, 0.717) is 47.6 Å². The van der Waals surface area contributed by atoms with Crippen LogP contribution in [0.5, 0.6) is 0 Å². The molecule has 5 aliphatic rings. The molecule has 97 heavy (non-hydrogen) atoms. The average molecular weight is 1410 g/mol. The molecule has 2 bridgehead atoms. The van der Waals surface area contributed by atoms with Crippen LogP contribution in [0.15, 0.2) is 109 Å². The van der Waals surface area contributed by atoms with Crippen molar-refractivity contribution in [2.75, 3.05) is 62.9 Å². The smallest absolute Gasteiger partial charge is 0.386 e. The summed E-state index contributed by atoms with van der Waals surface area (Å²) in [6.45, 7) is -11.4. The number of nitrogens with one attached hydrogen (secondary N) is 6. The quantitative estimate of drug-likeness (QED) is 0.0229. The SMILES string of the molecule is O=C(CCC(=O)N1Cc2ccccc2/C=C\c2ccccc21)NCC(=O)NCC(=O)N[C@@H](Cc1ccccc1)C(=O)NCC(=O)NCOCCn1cnc2c(ncn2[C@@H]2O[C@@H]3COP(O)(=S)O[C@H]4[C@@H](F)[C@H](n5cc6c7c(ncnc75)NCCC6)O[C@@H]4COP(=O)(S)O[C@@H]2[C@@H]3O)c1=O. The lowest BCUT2D eigenvalue weighted by Gasteiger charge is -2.27. The summed E-state index contributed by atoms with van der Waals surface area (Å²) < 4.78 is 75.5. The van der Waals surface area contributed by atoms with Crippen LogP contribution in [0.3, 0.4) is 0 Å². The zero-order valence-electron chi connectivity index (χ0n) is 51.5. The molecule has 0 aliphatic carbocycles. The van der Waals surface area contributed by atoms with E-state index in [2.05, 4.69) is 64.1 Å². The summed E-state index contributed by atoms with van der Waals surface area (Å²) in [4.78, 5) is 123. The molecule has 0 radical (unpaired) electrons. The Balaban J connectivity index is 0.593. The van der Waals surface area contributed by atoms with Crippen molar-refractivity contribution in [1.82, 2.24) is 60.2 Å². The van der Waals surface area contributed by atoms with Crippen LogP contribution in [0, 0.1) is 0 Å². The standard InChI is InChI=1S/C61H67FN14O17P2S2/c62-50-53-43(91-60(50)75-28-39-14-8-20-63-55-49(39)56(75)68-31-67-55)30-89-95(86,97)93-54-52(82)42(29-88-94(85,96)92-53)90-61(54)76-33-69-51-57(76)70-32-73(59(51)84)21-22-87-34-71-46(79)25-66-58(83)40(23-35-9-2-1-3-10-35)72-47(80)26-65-45(78)24-64-44(77)18-19-48(81)74-27-38-13-5-4-11-36(38)16-17-37-12-6-7-15-41(37)74/h1-7,9-13,15-17,28,31-33,40,42-43,50,52-54,60-61,82H,8,14,18-27,29-30,34H2,(H,64,77)(H,65,78)(H,66,83)(H,71,79)(H,72,80)(H,85,96)(H,86,97)(H,63,67,68)/b17-16-/t40-,42+,43+,50+,52+,53+,54+,60+,61+,94?,95?/m0/s1. The number of ether oxygens (including phenoxy) is 3. The number of para-hydroxylation sites is 1. The molecule has 7 aromatic rings. The molecule has 512 valence electrons. The molecular formula is C61H67FN14O17P2S2. The predicted molar refractivity (Wildman–Crippen MR) is 352 cm³/mol. The molecule has 0 spiro atoms. The third-order valence-corrected chi connectivity index (χ3v) is 19.8. The summed E-state index contributed by atoms with van der Waals surface area (Å²) in [6.07, 6.45) is -2.06. The van der Waals surface area contributed by atoms with Crippen molar-refractivity contribution in [2.45, 2.75) is 100 Å². The first-order chi connectivity index (χ1) is 46.8. The first-order valence-electron chi connectivity index (χ1n) is 30.9. The zero-order valence-corrected chi connectivity index (χ0v) is 55.0. The van der Waals surface area contributed by atoms with Gasteiger partial charge in [0.25, 0.3) is 5.56 Å². The number of benzene rings is 3. The molecule has 0 saturated carbocycles. The van der Waals surface area contributed by atoms with Gasteiger partial charge in [-0.05, 0) is 58.5 Å². The van der Waals surface area contributed by atoms with Crippen LogP contribution in [0.1, 0.15) is 59.5 Å². The summed E-state index contributed by atoms with van der Waals surface area (Å²) in [7, 11) is 0. The number of carbonyl (C=O) groups is 6. The maximum atomic E-state index is 16.7. The lowest BCUT2D eigenvalue weighted by Crippen LogP contribution is -2.52. The second-order valence-corrected chi connectivity index (χ2v) is 28.8. The molecule has 6 amide bonds. The highest BCUT2D eigenvalue weighted by atomic mass is 32.7. The fourth-order valence-corrected chi connectivity index (χ4v) is 14.7. The summed E-state index contributed by atoms with van der Waals surface area (Å²) >= 11 is 9.53. The second kappa shape index (κ2) is 30.3. The molecule has 5 aliphatic heterocycles. The van der Waals surface area contributed by atoms with E-state index in [1.54, 1.807) is 41.4 Å². The Morgan fingerprint density at radius 2 is 1.49 bits per heavy atom. The summed E-state index contributed by atoms with van der Waals surface area (Å²) in [5.74, 6) is -3.10. The second-order valence-electron chi connectivity index (χ2n) is 23.1. The number of halogens is 1. The van der Waals surface area contributed by atoms with Crippen LogP contribution in [0.2, 0.25) is 0 Å². The van der Waals surface area contributed by atoms with Gasteiger partial charge in [-0.15, -0.1) is 0 Å². The summed E-state index contributed by atoms with van der Waals surface area (Å²) in [5.41, 5.74) is 4.47. The molecule has 3 fully saturated rings. The minimum absolute atomic E-state index is 0.0165. The van der Waals surface area contributed by atoms with E-state index in [4.69, 9.17) is 44.1 Å². The Morgan fingerprint density at radius 3 is 2.33 bits per heavy atom. The van der Waals surface area contributed by atoms with Crippen LogP contribution < -0.4 is 42.4 Å². The summed E-state index contributed by atoms with van der Waals surface area (Å²) in [6, 6.07) is 22.7. The number of imidazole rings is 1. The highest BCUT2D eigenvalue weighted by Gasteiger charge is 2.54. The molecule has 31 nitrogen and oxygen atoms in total. The van der Waals surface area contributed by atoms with Gasteiger partial charge < -0.3 is 70.1 Å². The molecular weight excluding hydrogens is 1350 g/mol. The number of amides is 6. The fraction of sp³-hybridized carbons (Fsp3) is 0.393. The third-order valence-electron chi connectivity index (χ3n) is 16.6. The van der Waals surface area contributed by atoms with E-state index in [0.717, 1.165) is 28.7 Å². The molecule has 2 unspecified atom stereocenters. The monoisotopic (exact) mass is 1410 g/mol. The normalized spacial score (nSPS) is 25.2. The number of carbonyl (C=O) groups excluding carboxylic acids is 6. The van der Waals surface area contributed by atoms with Crippen LogP contribution in [-0.2, 0) is 103 Å². The largest absolute Gasteiger partial charge is 0.387 e. The van der Waals surface area contributed by atoms with Gasteiger partial charge in [0.05, 0.1) is 69.9 Å². The summed E-state index contributed by atoms with van der Waals surface area (Å²) in [5, 5.41) is 28.0. The Morgan fingerprint density at radius 1 is 0.773 bits per heavy atom. The van der Waals surface area contributed by atoms with Crippen molar-refractivity contribution in [3.05, 3.63) is 142 Å². The maximum Gasteiger partial charge on any atom is 0.386 e. The van der Waals surface area contributed by atoms with Gasteiger partial charge in [-0.1, -0.05) is 97.2 Å². The third kappa shape index (κ3) is 16.2. The van der Waals surface area contributed by atoms with Crippen molar-refractivity contribution in [2.24, 2.45) is 0 Å². The Kier molecular flexibility index (Phi) is 21.4. The van der Waals surface area contributed by atoms with Crippen LogP contribution >= 0.6 is 25.8 Å². The van der Waals surface area contributed by atoms with Gasteiger partial charge in [0.2, 0.25) is 35.4 Å². The Hall–Kier alpha value is -8.21. The lowest BCUT2D eigenvalue weighted by atomic mass is 10.0. The lowest BCUT2D eigenvalue weighted by molar-refractivity contribution is -0.131. The van der Waals surface area contributed by atoms with Gasteiger partial charge in [-0.3, -0.25) is 56.3 Å². The number of hydrogen-bond donors (Lipinski definition) is 9. The number of aromatic nitrogens is 7. The van der Waals surface area contributed by atoms with Crippen LogP contribution in [-0.4, -0.2) is 175 Å². The average Bonchev–Trinajstić information content (AvgIpc) is 1.61. The van der Waals surface area contributed by atoms with E-state index in [-0.39, 0.29) is 56.2 Å². The molecule has 3 saturated heterocycles. The minimum Gasteiger partial charge on any atom is -0.387 e. The predicted octanol–water partition coefficient (Wildman–Crippen LogP) is 2.63. The van der Waals surface area contributed by atoms with Crippen LogP contribution in [0.25, 0.3) is 34.3 Å². The zero-order chi connectivity index (χ0) is 68.0. The van der Waals surface area contributed by atoms with Gasteiger partial charge in [-0.2, -0.15) is 0 Å². The number of thiol groups is 1. The molecule has 36 heteroatoms. The van der Waals surface area contributed by atoms with E-state index in [1.165, 1.54) is 32.7 Å². The Bertz CT molecular complexity index is 4320. The Labute approximate surface area is 562 Å². The topological polar surface area (TPSA) is 383 Å². The molecule has 9 heterocycles. The molecule has 3 aromatic carbocycles. The number of hydrogen-bond acceptors (Lipinski definition) is 22. The van der Waals surface area contributed by atoms with E-state index >= 15 is 4.39 Å². The van der Waals surface area contributed by atoms with Gasteiger partial charge in [0.15, 0.2) is 29.8 Å². The molecule has 4 aromatic heterocycles. The van der Waals surface area contributed by atoms with Crippen molar-refractivity contribution >= 4 is 119 Å².